The first kappa shape index (κ1) is 52.9. The SMILES string of the molecule is N#[N+]c1ccc(S(N)(=O)=O)cc1.NCCNc1ccc(N=Nc2ccc(S(N)(=O)=O)cc2)c2ccccc12.NCCNc1cccc2ccccc12.Nc1ccc(S(N)(=O)=O)cc1.O=NO. The van der Waals surface area contributed by atoms with Crippen molar-refractivity contribution in [3.05, 3.63) is 162 Å². The summed E-state index contributed by atoms with van der Waals surface area (Å²) < 4.78 is 65.4. The monoisotopic (exact) mass is 958 g/mol. The van der Waals surface area contributed by atoms with Crippen molar-refractivity contribution >= 4 is 85.7 Å². The predicted octanol–water partition coefficient (Wildman–Crippen LogP) is 6.36. The first-order chi connectivity index (χ1) is 31.4. The van der Waals surface area contributed by atoms with Gasteiger partial charge in [0.2, 0.25) is 35.5 Å². The van der Waals surface area contributed by atoms with E-state index in [-0.39, 0.29) is 20.4 Å². The highest BCUT2D eigenvalue weighted by Crippen LogP contribution is 2.33. The van der Waals surface area contributed by atoms with Crippen molar-refractivity contribution in [1.29, 1.82) is 5.39 Å². The minimum absolute atomic E-state index is 0.00472. The summed E-state index contributed by atoms with van der Waals surface area (Å²) in [6, 6.07) is 43.1. The molecule has 0 aliphatic heterocycles. The molecule has 15 N–H and O–H groups in total. The van der Waals surface area contributed by atoms with Crippen LogP contribution in [0.15, 0.2) is 182 Å². The molecule has 0 saturated heterocycles. The summed E-state index contributed by atoms with van der Waals surface area (Å²) >= 11 is 0. The largest absolute Gasteiger partial charge is 0.399 e. The van der Waals surface area contributed by atoms with Crippen molar-refractivity contribution in [1.82, 2.24) is 0 Å². The molecule has 0 heterocycles. The number of fused-ring (bicyclic) bond motifs is 2. The van der Waals surface area contributed by atoms with E-state index in [0.29, 0.717) is 31.0 Å². The molecule has 0 aliphatic rings. The number of nitrogen functional groups attached to an aromatic ring is 1. The number of azo groups is 1. The van der Waals surface area contributed by atoms with Gasteiger partial charge in [-0.2, -0.15) is 5.11 Å². The summed E-state index contributed by atoms with van der Waals surface area (Å²) in [4.78, 5) is 11.1. The van der Waals surface area contributed by atoms with E-state index in [0.717, 1.165) is 34.4 Å². The van der Waals surface area contributed by atoms with E-state index in [1.165, 1.54) is 76.8 Å². The summed E-state index contributed by atoms with van der Waals surface area (Å²) in [7, 11) is -10.9. The Hall–Kier alpha value is -7.47. The van der Waals surface area contributed by atoms with Crippen molar-refractivity contribution in [2.45, 2.75) is 14.7 Å². The lowest BCUT2D eigenvalue weighted by atomic mass is 10.1. The molecule has 0 bridgehead atoms. The molecule has 7 rings (SSSR count). The van der Waals surface area contributed by atoms with E-state index in [9.17, 15) is 25.3 Å². The minimum Gasteiger partial charge on any atom is -0.399 e. The number of rotatable bonds is 11. The van der Waals surface area contributed by atoms with Gasteiger partial charge in [-0.1, -0.05) is 60.7 Å². The first-order valence-corrected chi connectivity index (χ1v) is 23.7. The van der Waals surface area contributed by atoms with Gasteiger partial charge in [0.1, 0.15) is 0 Å². The van der Waals surface area contributed by atoms with Crippen LogP contribution in [0.1, 0.15) is 0 Å². The topological polar surface area (TPSA) is 385 Å². The number of sulfonamides is 3. The van der Waals surface area contributed by atoms with Crippen LogP contribution in [0, 0.1) is 10.3 Å². The second-order valence-corrected chi connectivity index (χ2v) is 17.9. The Kier molecular flexibility index (Phi) is 20.6. The lowest BCUT2D eigenvalue weighted by Gasteiger charge is -2.10. The van der Waals surface area contributed by atoms with E-state index in [2.05, 4.69) is 68.3 Å². The fraction of sp³-hybridized carbons (Fsp3) is 0.0952. The van der Waals surface area contributed by atoms with E-state index < -0.39 is 30.1 Å². The molecule has 346 valence electrons. The van der Waals surface area contributed by atoms with Gasteiger partial charge in [-0.3, -0.25) is 0 Å². The number of anilines is 3. The Labute approximate surface area is 381 Å². The number of primary sulfonamides is 3. The zero-order valence-corrected chi connectivity index (χ0v) is 37.4. The predicted molar refractivity (Wildman–Crippen MR) is 257 cm³/mol. The molecule has 0 aliphatic carbocycles. The third kappa shape index (κ3) is 17.2. The Balaban J connectivity index is 0.000000245. The zero-order chi connectivity index (χ0) is 48.8. The summed E-state index contributed by atoms with van der Waals surface area (Å²) in [6.45, 7) is 2.70. The van der Waals surface area contributed by atoms with Crippen molar-refractivity contribution in [2.24, 2.45) is 42.5 Å². The average molecular weight is 959 g/mol. The van der Waals surface area contributed by atoms with Crippen molar-refractivity contribution in [3.63, 3.8) is 0 Å². The van der Waals surface area contributed by atoms with Gasteiger partial charge in [-0.25, -0.2) is 40.7 Å². The Bertz CT molecular complexity index is 3080. The molecule has 7 aromatic rings. The lowest BCUT2D eigenvalue weighted by molar-refractivity contribution is 0.312. The van der Waals surface area contributed by atoms with Gasteiger partial charge in [-0.15, -0.1) is 10.0 Å². The van der Waals surface area contributed by atoms with Crippen LogP contribution in [0.5, 0.6) is 0 Å². The summed E-state index contributed by atoms with van der Waals surface area (Å²) in [5.41, 5.74) is 20.5. The van der Waals surface area contributed by atoms with Gasteiger partial charge >= 0.3 is 5.69 Å². The second kappa shape index (κ2) is 25.7. The van der Waals surface area contributed by atoms with Crippen LogP contribution >= 0.6 is 0 Å². The number of nitrogens with one attached hydrogen (secondary N) is 2. The number of diazo groups is 1. The number of benzene rings is 7. The van der Waals surface area contributed by atoms with Crippen LogP contribution in [0.4, 0.5) is 34.1 Å². The van der Waals surface area contributed by atoms with Crippen molar-refractivity contribution in [2.75, 3.05) is 42.5 Å². The van der Waals surface area contributed by atoms with Crippen LogP contribution in [-0.4, -0.2) is 56.6 Å². The molecule has 7 aromatic carbocycles. The van der Waals surface area contributed by atoms with E-state index in [4.69, 9.17) is 48.1 Å². The molecular formula is C42H48N13O8S3+. The van der Waals surface area contributed by atoms with Crippen LogP contribution < -0.4 is 43.3 Å². The molecule has 0 atom stereocenters. The molecule has 0 aromatic heterocycles. The molecule has 0 fully saturated rings. The Morgan fingerprint density at radius 2 is 0.955 bits per heavy atom. The van der Waals surface area contributed by atoms with Gasteiger partial charge < -0.3 is 33.0 Å². The third-order valence-electron chi connectivity index (χ3n) is 8.54. The standard InChI is InChI=1S/C18H19N5O2S.C12H14N2.C6H6N3O2S.C6H8N2O2S.HNO2/c19-11-12-21-17-9-10-18(16-4-2-1-3-15(16)17)23-22-13-5-7-14(8-6-13)26(20,24)25;13-8-9-14-12-7-3-5-10-4-1-2-6-11(10)12;7-9-5-1-3-6(4-2-5)12(8,10)11;7-5-1-3-6(4-2-5)11(8,9)10;2-1-3/h1-10,21H,11-12,19H2,(H2,20,24,25);1-7,14H,8-9,13H2;1-4H,(H2,8,10,11);1-4H,7H2,(H2,8,9,10);(H,2,3)/q;;+1;;. The molecule has 24 heteroatoms. The maximum atomic E-state index is 11.3. The highest BCUT2D eigenvalue weighted by Gasteiger charge is 2.11. The Morgan fingerprint density at radius 1 is 0.530 bits per heavy atom. The van der Waals surface area contributed by atoms with E-state index in [1.807, 2.05) is 36.4 Å². The smallest absolute Gasteiger partial charge is 0.385 e. The van der Waals surface area contributed by atoms with E-state index in [1.54, 1.807) is 12.1 Å². The molecule has 0 spiro atoms. The molecule has 21 nitrogen and oxygen atoms in total. The summed E-state index contributed by atoms with van der Waals surface area (Å²) in [6.07, 6.45) is 0. The fourth-order valence-corrected chi connectivity index (χ4v) is 7.04. The van der Waals surface area contributed by atoms with Crippen LogP contribution in [0.2, 0.25) is 0 Å². The van der Waals surface area contributed by atoms with Gasteiger partial charge in [0.05, 0.1) is 26.1 Å². The van der Waals surface area contributed by atoms with E-state index >= 15 is 0 Å². The van der Waals surface area contributed by atoms with Crippen LogP contribution in [0.3, 0.4) is 0 Å². The van der Waals surface area contributed by atoms with Gasteiger partial charge in [0, 0.05) is 71.5 Å². The highest BCUT2D eigenvalue weighted by molar-refractivity contribution is 7.89. The second-order valence-electron chi connectivity index (χ2n) is 13.2. The van der Waals surface area contributed by atoms with Crippen LogP contribution in [0.25, 0.3) is 26.5 Å². The molecule has 0 amide bonds. The van der Waals surface area contributed by atoms with Crippen LogP contribution in [-0.2, 0) is 30.1 Å². The number of nitrogens with zero attached hydrogens (tertiary/aromatic N) is 5. The number of hydrogen-bond donors (Lipinski definition) is 9. The summed E-state index contributed by atoms with van der Waals surface area (Å²) in [5.74, 6) is 0. The molecular weight excluding hydrogens is 911 g/mol. The number of nitrogens with two attached hydrogens (primary N) is 6. The molecule has 0 radical (unpaired) electrons. The van der Waals surface area contributed by atoms with Gasteiger partial charge in [0.15, 0.2) is 10.3 Å². The first-order valence-electron chi connectivity index (χ1n) is 19.1. The minimum atomic E-state index is -3.72. The lowest BCUT2D eigenvalue weighted by Crippen LogP contribution is -2.13. The molecule has 0 saturated carbocycles. The van der Waals surface area contributed by atoms with Crippen molar-refractivity contribution in [3.8, 4) is 0 Å². The van der Waals surface area contributed by atoms with Gasteiger partial charge in [0.25, 0.3) is 0 Å². The number of hydrogen-bond acceptors (Lipinski definition) is 16. The summed E-state index contributed by atoms with van der Waals surface area (Å²) in [5, 5.41) is 50.5. The molecule has 0 unspecified atom stereocenters. The average Bonchev–Trinajstić information content (AvgIpc) is 3.30. The maximum absolute atomic E-state index is 11.3. The van der Waals surface area contributed by atoms with Crippen molar-refractivity contribution < 1.29 is 30.5 Å². The zero-order valence-electron chi connectivity index (χ0n) is 35.0. The van der Waals surface area contributed by atoms with Gasteiger partial charge in [-0.05, 0) is 84.2 Å². The third-order valence-corrected chi connectivity index (χ3v) is 11.3. The molecule has 66 heavy (non-hydrogen) atoms. The fourth-order valence-electron chi connectivity index (χ4n) is 5.49. The maximum Gasteiger partial charge on any atom is 0.385 e. The highest BCUT2D eigenvalue weighted by atomic mass is 32.2. The Morgan fingerprint density at radius 3 is 1.44 bits per heavy atom. The quantitative estimate of drug-likeness (QED) is 0.0224. The normalized spacial score (nSPS) is 10.9.